The van der Waals surface area contributed by atoms with Crippen LogP contribution in [0.25, 0.3) is 0 Å². The largest absolute Gasteiger partial charge is 0.376 e. The molecular weight excluding hydrogens is 352 g/mol. The van der Waals surface area contributed by atoms with Crippen molar-refractivity contribution in [2.75, 3.05) is 20.2 Å². The van der Waals surface area contributed by atoms with E-state index in [-0.39, 0.29) is 17.9 Å². The summed E-state index contributed by atoms with van der Waals surface area (Å²) in [4.78, 5) is 4.22. The van der Waals surface area contributed by atoms with Crippen LogP contribution < -0.4 is 15.4 Å². The molecule has 0 amide bonds. The summed E-state index contributed by atoms with van der Waals surface area (Å²) in [6, 6.07) is 7.42. The molecule has 1 aromatic rings. The molecule has 0 aliphatic carbocycles. The summed E-state index contributed by atoms with van der Waals surface area (Å²) in [5, 5.41) is 6.50. The van der Waals surface area contributed by atoms with Crippen LogP contribution in [0.4, 0.5) is 0 Å². The predicted octanol–water partition coefficient (Wildman–Crippen LogP) is 1.36. The molecule has 0 bridgehead atoms. The monoisotopic (exact) mass is 382 g/mol. The van der Waals surface area contributed by atoms with E-state index in [4.69, 9.17) is 4.74 Å². The molecule has 0 aromatic heterocycles. The zero-order valence-electron chi connectivity index (χ0n) is 15.8. The standard InChI is InChI=1S/C18H30N4O3S/c1-14(2)22-26(23,24)13-16-8-5-4-7-15(16)11-20-18(19-3)21-12-17-9-6-10-25-17/h4-5,7-8,14,17,22H,6,9-13H2,1-3H3,(H2,19,20,21). The summed E-state index contributed by atoms with van der Waals surface area (Å²) < 4.78 is 32.7. The minimum absolute atomic E-state index is 0.0367. The number of benzene rings is 1. The van der Waals surface area contributed by atoms with Crippen molar-refractivity contribution in [3.05, 3.63) is 35.4 Å². The lowest BCUT2D eigenvalue weighted by Crippen LogP contribution is -2.40. The van der Waals surface area contributed by atoms with Crippen molar-refractivity contribution >= 4 is 16.0 Å². The maximum Gasteiger partial charge on any atom is 0.216 e. The highest BCUT2D eigenvalue weighted by Gasteiger charge is 2.17. The SMILES string of the molecule is CN=C(NCc1ccccc1CS(=O)(=O)NC(C)C)NCC1CCCO1. The van der Waals surface area contributed by atoms with E-state index >= 15 is 0 Å². The first-order valence-electron chi connectivity index (χ1n) is 9.02. The first kappa shape index (κ1) is 20.7. The molecule has 3 N–H and O–H groups in total. The van der Waals surface area contributed by atoms with E-state index < -0.39 is 10.0 Å². The molecular formula is C18H30N4O3S. The number of hydrogen-bond donors (Lipinski definition) is 3. The maximum absolute atomic E-state index is 12.2. The summed E-state index contributed by atoms with van der Waals surface area (Å²) in [5.41, 5.74) is 1.71. The van der Waals surface area contributed by atoms with Crippen LogP contribution in [0.3, 0.4) is 0 Å². The second kappa shape index (κ2) is 9.89. The van der Waals surface area contributed by atoms with E-state index in [2.05, 4.69) is 20.3 Å². The van der Waals surface area contributed by atoms with Crippen molar-refractivity contribution < 1.29 is 13.2 Å². The molecule has 8 heteroatoms. The summed E-state index contributed by atoms with van der Waals surface area (Å²) in [6.07, 6.45) is 2.39. The Bertz CT molecular complexity index is 698. The molecule has 1 heterocycles. The number of guanidine groups is 1. The Hall–Kier alpha value is -1.64. The van der Waals surface area contributed by atoms with Crippen molar-refractivity contribution in [3.63, 3.8) is 0 Å². The fourth-order valence-electron chi connectivity index (χ4n) is 2.89. The lowest BCUT2D eigenvalue weighted by molar-refractivity contribution is 0.114. The average molecular weight is 383 g/mol. The predicted molar refractivity (Wildman–Crippen MR) is 105 cm³/mol. The third-order valence-corrected chi connectivity index (χ3v) is 5.59. The lowest BCUT2D eigenvalue weighted by Gasteiger charge is -2.17. The van der Waals surface area contributed by atoms with Crippen molar-refractivity contribution in [2.45, 2.75) is 51.1 Å². The topological polar surface area (TPSA) is 91.8 Å². The van der Waals surface area contributed by atoms with Gasteiger partial charge in [-0.3, -0.25) is 4.99 Å². The van der Waals surface area contributed by atoms with Crippen molar-refractivity contribution in [1.29, 1.82) is 0 Å². The van der Waals surface area contributed by atoms with Gasteiger partial charge < -0.3 is 15.4 Å². The number of aliphatic imine (C=N–C) groups is 1. The zero-order valence-corrected chi connectivity index (χ0v) is 16.6. The maximum atomic E-state index is 12.2. The molecule has 7 nitrogen and oxygen atoms in total. The molecule has 1 fully saturated rings. The molecule has 146 valence electrons. The van der Waals surface area contributed by atoms with Gasteiger partial charge in [-0.1, -0.05) is 24.3 Å². The van der Waals surface area contributed by atoms with Gasteiger partial charge >= 0.3 is 0 Å². The molecule has 1 aliphatic heterocycles. The number of nitrogens with zero attached hydrogens (tertiary/aromatic N) is 1. The fourth-order valence-corrected chi connectivity index (χ4v) is 4.38. The Labute approximate surface area is 156 Å². The highest BCUT2D eigenvalue weighted by atomic mass is 32.2. The molecule has 0 saturated carbocycles. The summed E-state index contributed by atoms with van der Waals surface area (Å²) in [5.74, 6) is 0.642. The summed E-state index contributed by atoms with van der Waals surface area (Å²) >= 11 is 0. The van der Waals surface area contributed by atoms with Gasteiger partial charge in [-0.05, 0) is 37.8 Å². The highest BCUT2D eigenvalue weighted by molar-refractivity contribution is 7.88. The van der Waals surface area contributed by atoms with Crippen molar-refractivity contribution in [1.82, 2.24) is 15.4 Å². The van der Waals surface area contributed by atoms with E-state index in [9.17, 15) is 8.42 Å². The van der Waals surface area contributed by atoms with E-state index in [1.54, 1.807) is 7.05 Å². The van der Waals surface area contributed by atoms with Gasteiger partial charge in [0, 0.05) is 32.8 Å². The normalized spacial score (nSPS) is 18.3. The van der Waals surface area contributed by atoms with Crippen LogP contribution >= 0.6 is 0 Å². The Balaban J connectivity index is 1.94. The quantitative estimate of drug-likeness (QED) is 0.466. The van der Waals surface area contributed by atoms with Crippen LogP contribution in [0.15, 0.2) is 29.3 Å². The minimum atomic E-state index is -3.36. The third-order valence-electron chi connectivity index (χ3n) is 4.07. The van der Waals surface area contributed by atoms with E-state index in [1.807, 2.05) is 38.1 Å². The smallest absolute Gasteiger partial charge is 0.216 e. The molecule has 2 rings (SSSR count). The number of hydrogen-bond acceptors (Lipinski definition) is 4. The van der Waals surface area contributed by atoms with Gasteiger partial charge in [-0.15, -0.1) is 0 Å². The van der Waals surface area contributed by atoms with Gasteiger partial charge in [0.05, 0.1) is 11.9 Å². The number of sulfonamides is 1. The van der Waals surface area contributed by atoms with Crippen LogP contribution in [0.5, 0.6) is 0 Å². The molecule has 0 spiro atoms. The van der Waals surface area contributed by atoms with Gasteiger partial charge in [0.15, 0.2) is 5.96 Å². The number of rotatable bonds is 8. The van der Waals surface area contributed by atoms with Crippen LogP contribution in [-0.4, -0.2) is 46.7 Å². The van der Waals surface area contributed by atoms with E-state index in [0.29, 0.717) is 19.0 Å². The van der Waals surface area contributed by atoms with Gasteiger partial charge in [0.2, 0.25) is 10.0 Å². The lowest BCUT2D eigenvalue weighted by atomic mass is 10.1. The number of ether oxygens (including phenoxy) is 1. The Morgan fingerprint density at radius 2 is 2.00 bits per heavy atom. The minimum Gasteiger partial charge on any atom is -0.376 e. The summed E-state index contributed by atoms with van der Waals surface area (Å²) in [6.45, 7) is 5.67. The number of nitrogens with one attached hydrogen (secondary N) is 3. The van der Waals surface area contributed by atoms with Gasteiger partial charge in [0.25, 0.3) is 0 Å². The molecule has 1 atom stereocenters. The second-order valence-electron chi connectivity index (χ2n) is 6.74. The van der Waals surface area contributed by atoms with Crippen LogP contribution in [0.2, 0.25) is 0 Å². The van der Waals surface area contributed by atoms with Gasteiger partial charge in [-0.25, -0.2) is 13.1 Å². The van der Waals surface area contributed by atoms with Gasteiger partial charge in [0.1, 0.15) is 0 Å². The highest BCUT2D eigenvalue weighted by Crippen LogP contribution is 2.13. The zero-order chi connectivity index (χ0) is 19.0. The second-order valence-corrected chi connectivity index (χ2v) is 8.50. The Morgan fingerprint density at radius 3 is 2.62 bits per heavy atom. The molecule has 26 heavy (non-hydrogen) atoms. The Kier molecular flexibility index (Phi) is 7.86. The average Bonchev–Trinajstić information content (AvgIpc) is 3.08. The fraction of sp³-hybridized carbons (Fsp3) is 0.611. The summed E-state index contributed by atoms with van der Waals surface area (Å²) in [7, 11) is -1.65. The van der Waals surface area contributed by atoms with Crippen molar-refractivity contribution in [2.24, 2.45) is 4.99 Å². The molecule has 1 unspecified atom stereocenters. The van der Waals surface area contributed by atoms with Crippen LogP contribution in [-0.2, 0) is 27.1 Å². The molecule has 1 saturated heterocycles. The van der Waals surface area contributed by atoms with E-state index in [0.717, 1.165) is 30.6 Å². The van der Waals surface area contributed by atoms with Gasteiger partial charge in [-0.2, -0.15) is 0 Å². The first-order valence-corrected chi connectivity index (χ1v) is 10.7. The van der Waals surface area contributed by atoms with Crippen LogP contribution in [0, 0.1) is 0 Å². The molecule has 1 aliphatic rings. The first-order chi connectivity index (χ1) is 12.4. The third kappa shape index (κ3) is 6.93. The Morgan fingerprint density at radius 1 is 1.27 bits per heavy atom. The molecule has 0 radical (unpaired) electrons. The van der Waals surface area contributed by atoms with Crippen LogP contribution in [0.1, 0.15) is 37.8 Å². The van der Waals surface area contributed by atoms with E-state index in [1.165, 1.54) is 0 Å². The molecule has 1 aromatic carbocycles. The van der Waals surface area contributed by atoms with Crippen molar-refractivity contribution in [3.8, 4) is 0 Å².